The minimum Gasteiger partial charge on any atom is -0.334 e. The first-order chi connectivity index (χ1) is 16.0. The number of hydrogen-bond acceptors (Lipinski definition) is 2. The van der Waals surface area contributed by atoms with Gasteiger partial charge in [0.05, 0.1) is 17.5 Å². The van der Waals surface area contributed by atoms with Crippen LogP contribution in [0.1, 0.15) is 132 Å². The van der Waals surface area contributed by atoms with Gasteiger partial charge in [0.2, 0.25) is 5.91 Å². The molecule has 0 saturated carbocycles. The van der Waals surface area contributed by atoms with Crippen LogP contribution in [0.15, 0.2) is 11.3 Å². The average molecular weight is 475 g/mol. The zero-order valence-electron chi connectivity index (χ0n) is 23.8. The molecule has 0 aromatic carbocycles. The van der Waals surface area contributed by atoms with Gasteiger partial charge in [-0.25, -0.2) is 0 Å². The maximum absolute atomic E-state index is 13.9. The molecule has 1 saturated heterocycles. The van der Waals surface area contributed by atoms with Gasteiger partial charge < -0.3 is 9.80 Å². The minimum atomic E-state index is -0.304. The van der Waals surface area contributed by atoms with E-state index in [4.69, 9.17) is 0 Å². The first kappa shape index (κ1) is 28.9. The third kappa shape index (κ3) is 6.88. The third-order valence-corrected chi connectivity index (χ3v) is 7.60. The topological polar surface area (TPSA) is 40.6 Å². The Bertz CT molecular complexity index is 710. The van der Waals surface area contributed by atoms with E-state index < -0.39 is 0 Å². The van der Waals surface area contributed by atoms with E-state index in [-0.39, 0.29) is 34.6 Å². The molecular weight excluding hydrogens is 420 g/mol. The molecule has 2 atom stereocenters. The molecule has 2 amide bonds. The summed E-state index contributed by atoms with van der Waals surface area (Å²) in [7, 11) is 0. The highest BCUT2D eigenvalue weighted by Crippen LogP contribution is 2.50. The molecule has 0 spiro atoms. The van der Waals surface area contributed by atoms with E-state index >= 15 is 0 Å². The van der Waals surface area contributed by atoms with Crippen molar-refractivity contribution in [3.8, 4) is 0 Å². The largest absolute Gasteiger partial charge is 0.334 e. The van der Waals surface area contributed by atoms with Gasteiger partial charge in [0, 0.05) is 24.2 Å². The Hall–Kier alpha value is -1.32. The van der Waals surface area contributed by atoms with E-state index in [1.54, 1.807) is 0 Å². The van der Waals surface area contributed by atoms with E-state index in [2.05, 4.69) is 60.3 Å². The molecule has 2 unspecified atom stereocenters. The molecule has 34 heavy (non-hydrogen) atoms. The van der Waals surface area contributed by atoms with E-state index in [1.807, 2.05) is 4.90 Å². The molecule has 0 bridgehead atoms. The van der Waals surface area contributed by atoms with Gasteiger partial charge in [0.15, 0.2) is 0 Å². The first-order valence-corrected chi connectivity index (χ1v) is 14.3. The Kier molecular flexibility index (Phi) is 10.7. The van der Waals surface area contributed by atoms with E-state index in [9.17, 15) is 9.59 Å². The third-order valence-electron chi connectivity index (χ3n) is 7.60. The van der Waals surface area contributed by atoms with Crippen molar-refractivity contribution >= 4 is 11.8 Å². The molecule has 4 nitrogen and oxygen atoms in total. The standard InChI is InChI=1S/C30H54N2O2/c1-9-11-13-15-17-19-21-31-25(29(3,4)5)23-24(27(31)33)26(30(6,7)8)32(28(23)34)22-20-18-16-14-12-10-2/h23,25H,9-22H2,1-8H3. The summed E-state index contributed by atoms with van der Waals surface area (Å²) in [4.78, 5) is 31.9. The second-order valence-electron chi connectivity index (χ2n) is 12.8. The van der Waals surface area contributed by atoms with Crippen LogP contribution >= 0.6 is 0 Å². The summed E-state index contributed by atoms with van der Waals surface area (Å²) in [5, 5.41) is 0. The van der Waals surface area contributed by atoms with E-state index in [1.165, 1.54) is 51.4 Å². The van der Waals surface area contributed by atoms with Crippen molar-refractivity contribution in [3.63, 3.8) is 0 Å². The van der Waals surface area contributed by atoms with Crippen LogP contribution in [0.4, 0.5) is 0 Å². The molecule has 2 aliphatic heterocycles. The van der Waals surface area contributed by atoms with Crippen LogP contribution in [0.2, 0.25) is 0 Å². The SMILES string of the molecule is CCCCCCCCN1C(=O)C2C(=C1C(C)(C)C)C(=O)N(CCCCCCCC)C2C(C)(C)C. The van der Waals surface area contributed by atoms with E-state index in [0.717, 1.165) is 50.0 Å². The van der Waals surface area contributed by atoms with Crippen LogP contribution in [-0.2, 0) is 9.59 Å². The molecule has 2 aliphatic rings. The maximum atomic E-state index is 13.9. The monoisotopic (exact) mass is 474 g/mol. The summed E-state index contributed by atoms with van der Waals surface area (Å²) in [5.41, 5.74) is 1.45. The number of nitrogens with zero attached hydrogens (tertiary/aromatic N) is 2. The van der Waals surface area contributed by atoms with Gasteiger partial charge in [-0.3, -0.25) is 9.59 Å². The number of rotatable bonds is 14. The Morgan fingerprint density at radius 1 is 0.676 bits per heavy atom. The van der Waals surface area contributed by atoms with Crippen LogP contribution in [-0.4, -0.2) is 40.7 Å². The second-order valence-corrected chi connectivity index (χ2v) is 12.8. The van der Waals surface area contributed by atoms with Crippen molar-refractivity contribution in [3.05, 3.63) is 11.3 Å². The molecule has 0 aromatic rings. The van der Waals surface area contributed by atoms with Gasteiger partial charge in [0.25, 0.3) is 5.91 Å². The van der Waals surface area contributed by atoms with Gasteiger partial charge in [0.1, 0.15) is 0 Å². The average Bonchev–Trinajstić information content (AvgIpc) is 3.19. The quantitative estimate of drug-likeness (QED) is 0.242. The normalized spacial score (nSPS) is 21.3. The highest BCUT2D eigenvalue weighted by molar-refractivity contribution is 6.08. The fourth-order valence-electron chi connectivity index (χ4n) is 6.03. The van der Waals surface area contributed by atoms with Crippen molar-refractivity contribution in [1.82, 2.24) is 9.80 Å². The molecule has 0 aromatic heterocycles. The number of hydrogen-bond donors (Lipinski definition) is 0. The lowest BCUT2D eigenvalue weighted by Crippen LogP contribution is -2.48. The maximum Gasteiger partial charge on any atom is 0.252 e. The number of likely N-dealkylation sites (tertiary alicyclic amines) is 1. The summed E-state index contributed by atoms with van der Waals surface area (Å²) in [6.45, 7) is 19.1. The molecule has 0 aliphatic carbocycles. The number of allylic oxidation sites excluding steroid dienone is 1. The second kappa shape index (κ2) is 12.6. The van der Waals surface area contributed by atoms with E-state index in [0.29, 0.717) is 0 Å². The van der Waals surface area contributed by atoms with Crippen molar-refractivity contribution in [2.75, 3.05) is 13.1 Å². The van der Waals surface area contributed by atoms with Gasteiger partial charge in [-0.05, 0) is 18.3 Å². The molecule has 4 heteroatoms. The number of carbonyl (C=O) groups is 2. The minimum absolute atomic E-state index is 0.0509. The Labute approximate surface area is 210 Å². The summed E-state index contributed by atoms with van der Waals surface area (Å²) in [6.07, 6.45) is 14.5. The predicted molar refractivity (Wildman–Crippen MR) is 143 cm³/mol. The van der Waals surface area contributed by atoms with Gasteiger partial charge in [-0.15, -0.1) is 0 Å². The lowest BCUT2D eigenvalue weighted by molar-refractivity contribution is -0.134. The molecule has 0 N–H and O–H groups in total. The highest BCUT2D eigenvalue weighted by Gasteiger charge is 2.59. The Morgan fingerprint density at radius 3 is 1.62 bits per heavy atom. The van der Waals surface area contributed by atoms with Crippen molar-refractivity contribution in [2.24, 2.45) is 16.7 Å². The van der Waals surface area contributed by atoms with Gasteiger partial charge in [-0.1, -0.05) is 120 Å². The lowest BCUT2D eigenvalue weighted by atomic mass is 9.77. The van der Waals surface area contributed by atoms with Gasteiger partial charge in [-0.2, -0.15) is 0 Å². The summed E-state index contributed by atoms with van der Waals surface area (Å²) >= 11 is 0. The van der Waals surface area contributed by atoms with Crippen LogP contribution < -0.4 is 0 Å². The highest BCUT2D eigenvalue weighted by atomic mass is 16.2. The summed E-state index contributed by atoms with van der Waals surface area (Å²) in [5.74, 6) is -0.00341. The zero-order valence-corrected chi connectivity index (χ0v) is 23.8. The van der Waals surface area contributed by atoms with Crippen molar-refractivity contribution in [1.29, 1.82) is 0 Å². The van der Waals surface area contributed by atoms with Crippen LogP contribution in [0.5, 0.6) is 0 Å². The molecule has 1 fully saturated rings. The Balaban J connectivity index is 2.24. The molecule has 2 heterocycles. The zero-order chi connectivity index (χ0) is 25.5. The summed E-state index contributed by atoms with van der Waals surface area (Å²) in [6, 6.07) is -0.0509. The summed E-state index contributed by atoms with van der Waals surface area (Å²) < 4.78 is 0. The number of unbranched alkanes of at least 4 members (excludes halogenated alkanes) is 10. The Morgan fingerprint density at radius 2 is 1.15 bits per heavy atom. The van der Waals surface area contributed by atoms with Crippen LogP contribution in [0, 0.1) is 16.7 Å². The number of fused-ring (bicyclic) bond motifs is 1. The molecule has 0 radical (unpaired) electrons. The van der Waals surface area contributed by atoms with Crippen LogP contribution in [0.3, 0.4) is 0 Å². The number of amides is 2. The fourth-order valence-corrected chi connectivity index (χ4v) is 6.03. The molecule has 196 valence electrons. The predicted octanol–water partition coefficient (Wildman–Crippen LogP) is 7.72. The van der Waals surface area contributed by atoms with Gasteiger partial charge >= 0.3 is 0 Å². The smallest absolute Gasteiger partial charge is 0.252 e. The first-order valence-electron chi connectivity index (χ1n) is 14.3. The molecule has 2 rings (SSSR count). The van der Waals surface area contributed by atoms with Crippen molar-refractivity contribution in [2.45, 2.75) is 138 Å². The van der Waals surface area contributed by atoms with Crippen molar-refractivity contribution < 1.29 is 9.59 Å². The fraction of sp³-hybridized carbons (Fsp3) is 0.867. The van der Waals surface area contributed by atoms with Crippen LogP contribution in [0.25, 0.3) is 0 Å². The number of carbonyl (C=O) groups excluding carboxylic acids is 2. The molecular formula is C30H54N2O2. The lowest BCUT2D eigenvalue weighted by Gasteiger charge is -2.38.